The van der Waals surface area contributed by atoms with Gasteiger partial charge in [0, 0.05) is 11.8 Å². The molecule has 2 aromatic carbocycles. The van der Waals surface area contributed by atoms with E-state index in [0.717, 1.165) is 12.3 Å². The van der Waals surface area contributed by atoms with Crippen molar-refractivity contribution in [3.8, 4) is 5.75 Å². The summed E-state index contributed by atoms with van der Waals surface area (Å²) in [5.41, 5.74) is -6.66. The molecular formula is C22H25ClF3NO6S2. The highest BCUT2D eigenvalue weighted by atomic mass is 35.5. The third kappa shape index (κ3) is 5.75. The third-order valence-corrected chi connectivity index (χ3v) is 8.05. The van der Waals surface area contributed by atoms with Crippen LogP contribution in [0.3, 0.4) is 0 Å². The molecule has 0 radical (unpaired) electrons. The third-order valence-electron chi connectivity index (χ3n) is 5.12. The van der Waals surface area contributed by atoms with Gasteiger partial charge in [0.1, 0.15) is 5.75 Å². The molecule has 0 aliphatic rings. The second-order valence-electron chi connectivity index (χ2n) is 9.28. The smallest absolute Gasteiger partial charge is 0.501 e. The van der Waals surface area contributed by atoms with Gasteiger partial charge in [-0.15, -0.1) is 0 Å². The lowest BCUT2D eigenvalue weighted by molar-refractivity contribution is -0.0436. The number of halogens is 4. The molecule has 194 valence electrons. The summed E-state index contributed by atoms with van der Waals surface area (Å²) in [6.07, 6.45) is 0.968. The van der Waals surface area contributed by atoms with Gasteiger partial charge in [-0.2, -0.15) is 13.2 Å². The van der Waals surface area contributed by atoms with Crippen LogP contribution in [0.5, 0.6) is 5.75 Å². The zero-order valence-electron chi connectivity index (χ0n) is 19.7. The maximum atomic E-state index is 13.3. The van der Waals surface area contributed by atoms with Gasteiger partial charge in [-0.25, -0.2) is 16.8 Å². The van der Waals surface area contributed by atoms with Crippen LogP contribution in [-0.2, 0) is 25.1 Å². The summed E-state index contributed by atoms with van der Waals surface area (Å²) < 4.78 is 86.9. The molecule has 0 fully saturated rings. The number of carbonyl (C=O) groups is 1. The Hall–Kier alpha value is -2.31. The number of phenols is 1. The minimum atomic E-state index is -5.67. The van der Waals surface area contributed by atoms with Gasteiger partial charge in [0.25, 0.3) is 15.7 Å². The normalized spacial score (nSPS) is 13.2. The predicted octanol–water partition coefficient (Wildman–Crippen LogP) is 5.42. The average Bonchev–Trinajstić information content (AvgIpc) is 2.65. The first-order valence-corrected chi connectivity index (χ1v) is 13.9. The van der Waals surface area contributed by atoms with Gasteiger partial charge < -0.3 is 10.4 Å². The maximum absolute atomic E-state index is 13.3. The fourth-order valence-corrected chi connectivity index (χ4v) is 5.58. The van der Waals surface area contributed by atoms with Crippen molar-refractivity contribution in [2.24, 2.45) is 0 Å². The molecule has 0 saturated carbocycles. The summed E-state index contributed by atoms with van der Waals surface area (Å²) in [5, 5.41) is 12.8. The number of alkyl halides is 3. The summed E-state index contributed by atoms with van der Waals surface area (Å²) in [7, 11) is -9.51. The van der Waals surface area contributed by atoms with Gasteiger partial charge in [0.05, 0.1) is 26.1 Å². The summed E-state index contributed by atoms with van der Waals surface area (Å²) >= 11 is 5.96. The highest BCUT2D eigenvalue weighted by molar-refractivity contribution is 7.92. The molecule has 0 aliphatic heterocycles. The molecule has 0 unspecified atom stereocenters. The van der Waals surface area contributed by atoms with Crippen molar-refractivity contribution in [1.29, 1.82) is 0 Å². The molecule has 35 heavy (non-hydrogen) atoms. The first-order chi connectivity index (χ1) is 15.6. The second kappa shape index (κ2) is 9.29. The molecule has 0 aromatic heterocycles. The largest absolute Gasteiger partial charge is 0.507 e. The van der Waals surface area contributed by atoms with E-state index in [9.17, 15) is 39.9 Å². The van der Waals surface area contributed by atoms with Crippen LogP contribution >= 0.6 is 11.6 Å². The molecule has 13 heteroatoms. The summed E-state index contributed by atoms with van der Waals surface area (Å²) in [6, 6.07) is 3.36. The standard InChI is InChI=1S/C22H25ClF3NO6S2/c1-11(2)17-16(34(6,30)31)10-13(21(3,4)5)19(28)18(17)20(29)27-15-8-7-12(9-14(15)23)35(32,33)22(24,25)26/h7-11,28H,1-6H3,(H,27,29). The molecule has 1 amide bonds. The SMILES string of the molecule is CC(C)c1c(S(C)(=O)=O)cc(C(C)(C)C)c(O)c1C(=O)Nc1ccc(S(=O)(=O)C(F)(F)F)cc1Cl. The Morgan fingerprint density at radius 2 is 1.60 bits per heavy atom. The van der Waals surface area contributed by atoms with Crippen LogP contribution in [-0.4, -0.2) is 39.6 Å². The number of hydrogen-bond acceptors (Lipinski definition) is 6. The molecule has 2 aromatic rings. The number of hydrogen-bond donors (Lipinski definition) is 2. The summed E-state index contributed by atoms with van der Waals surface area (Å²) in [5.74, 6) is -1.97. The first-order valence-electron chi connectivity index (χ1n) is 10.1. The van der Waals surface area contributed by atoms with Gasteiger partial charge in [0.2, 0.25) is 0 Å². The molecular weight excluding hydrogens is 531 g/mol. The second-order valence-corrected chi connectivity index (χ2v) is 13.6. The summed E-state index contributed by atoms with van der Waals surface area (Å²) in [4.78, 5) is 12.0. The highest BCUT2D eigenvalue weighted by Gasteiger charge is 2.47. The molecule has 0 saturated heterocycles. The van der Waals surface area contributed by atoms with Crippen molar-refractivity contribution in [1.82, 2.24) is 0 Å². The van der Waals surface area contributed by atoms with Crippen LogP contribution < -0.4 is 5.32 Å². The highest BCUT2D eigenvalue weighted by Crippen LogP contribution is 2.42. The van der Waals surface area contributed by atoms with Crippen LogP contribution in [0.25, 0.3) is 0 Å². The number of phenolic OH excluding ortho intramolecular Hbond substituents is 1. The Morgan fingerprint density at radius 3 is 2.00 bits per heavy atom. The zero-order valence-corrected chi connectivity index (χ0v) is 22.1. The fourth-order valence-electron chi connectivity index (χ4n) is 3.43. The van der Waals surface area contributed by atoms with Crippen LogP contribution in [0.2, 0.25) is 5.02 Å². The molecule has 0 aliphatic carbocycles. The number of amides is 1. The van der Waals surface area contributed by atoms with E-state index in [4.69, 9.17) is 11.6 Å². The molecule has 0 heterocycles. The minimum absolute atomic E-state index is 0.0443. The van der Waals surface area contributed by atoms with Crippen LogP contribution in [0, 0.1) is 0 Å². The lowest BCUT2D eigenvalue weighted by Crippen LogP contribution is -2.23. The van der Waals surface area contributed by atoms with Crippen molar-refractivity contribution < 1.29 is 39.9 Å². The predicted molar refractivity (Wildman–Crippen MR) is 127 cm³/mol. The van der Waals surface area contributed by atoms with Gasteiger partial charge in [0.15, 0.2) is 9.84 Å². The van der Waals surface area contributed by atoms with E-state index in [1.54, 1.807) is 34.6 Å². The van der Waals surface area contributed by atoms with Crippen molar-refractivity contribution in [3.63, 3.8) is 0 Å². The zero-order chi connectivity index (χ0) is 27.3. The number of rotatable bonds is 5. The van der Waals surface area contributed by atoms with Crippen LogP contribution in [0.1, 0.15) is 62.0 Å². The Labute approximate surface area is 207 Å². The molecule has 2 N–H and O–H groups in total. The molecule has 7 nitrogen and oxygen atoms in total. The number of carbonyl (C=O) groups excluding carboxylic acids is 1. The monoisotopic (exact) mass is 555 g/mol. The van der Waals surface area contributed by atoms with Crippen molar-refractivity contribution in [3.05, 3.63) is 46.0 Å². The van der Waals surface area contributed by atoms with Crippen molar-refractivity contribution in [2.45, 2.75) is 61.3 Å². The van der Waals surface area contributed by atoms with E-state index in [2.05, 4.69) is 5.32 Å². The Morgan fingerprint density at radius 1 is 1.06 bits per heavy atom. The first kappa shape index (κ1) is 28.9. The van der Waals surface area contributed by atoms with Gasteiger partial charge in [-0.1, -0.05) is 46.2 Å². The van der Waals surface area contributed by atoms with E-state index >= 15 is 0 Å². The quantitative estimate of drug-likeness (QED) is 0.509. The molecule has 0 atom stereocenters. The van der Waals surface area contributed by atoms with Crippen molar-refractivity contribution in [2.75, 3.05) is 11.6 Å². The topological polar surface area (TPSA) is 118 Å². The Kier molecular flexibility index (Phi) is 7.68. The van der Waals surface area contributed by atoms with E-state index in [1.807, 2.05) is 0 Å². The lowest BCUT2D eigenvalue weighted by Gasteiger charge is -2.26. The van der Waals surface area contributed by atoms with E-state index < -0.39 is 58.1 Å². The van der Waals surface area contributed by atoms with Gasteiger partial charge in [-0.3, -0.25) is 4.79 Å². The molecule has 2 rings (SSSR count). The number of nitrogens with one attached hydrogen (secondary N) is 1. The molecule has 0 spiro atoms. The number of benzene rings is 2. The van der Waals surface area contributed by atoms with E-state index in [-0.39, 0.29) is 27.3 Å². The Balaban J connectivity index is 2.73. The van der Waals surface area contributed by atoms with Crippen LogP contribution in [0.4, 0.5) is 18.9 Å². The Bertz CT molecular complexity index is 1390. The van der Waals surface area contributed by atoms with E-state index in [1.165, 1.54) is 6.07 Å². The van der Waals surface area contributed by atoms with Crippen LogP contribution in [0.15, 0.2) is 34.1 Å². The maximum Gasteiger partial charge on any atom is 0.501 e. The van der Waals surface area contributed by atoms with E-state index in [0.29, 0.717) is 12.1 Å². The lowest BCUT2D eigenvalue weighted by atomic mass is 9.82. The van der Waals surface area contributed by atoms with Gasteiger partial charge in [-0.05, 0) is 41.2 Å². The fraction of sp³-hybridized carbons (Fsp3) is 0.409. The summed E-state index contributed by atoms with van der Waals surface area (Å²) in [6.45, 7) is 8.38. The minimum Gasteiger partial charge on any atom is -0.507 e. The average molecular weight is 556 g/mol. The number of sulfone groups is 2. The number of anilines is 1. The number of aromatic hydroxyl groups is 1. The van der Waals surface area contributed by atoms with Crippen molar-refractivity contribution >= 4 is 42.9 Å². The van der Waals surface area contributed by atoms with Gasteiger partial charge >= 0.3 is 5.51 Å². The molecule has 0 bridgehead atoms.